The largest absolute Gasteiger partial charge is 0.496 e. The summed E-state index contributed by atoms with van der Waals surface area (Å²) in [5, 5.41) is 10.7. The van der Waals surface area contributed by atoms with Crippen LogP contribution in [0.4, 0.5) is 11.8 Å². The third-order valence-electron chi connectivity index (χ3n) is 4.48. The van der Waals surface area contributed by atoms with Crippen molar-refractivity contribution >= 4 is 11.8 Å². The Morgan fingerprint density at radius 2 is 2.12 bits per heavy atom. The number of nitrogens with one attached hydrogen (secondary N) is 2. The van der Waals surface area contributed by atoms with Gasteiger partial charge in [-0.1, -0.05) is 12.1 Å². The number of para-hydroxylation sites is 1. The first-order chi connectivity index (χ1) is 12.3. The van der Waals surface area contributed by atoms with Gasteiger partial charge in [0.1, 0.15) is 17.3 Å². The van der Waals surface area contributed by atoms with E-state index in [0.29, 0.717) is 5.95 Å². The maximum absolute atomic E-state index is 5.51. The second kappa shape index (κ2) is 6.43. The summed E-state index contributed by atoms with van der Waals surface area (Å²) in [4.78, 5) is 11.0. The summed E-state index contributed by atoms with van der Waals surface area (Å²) in [7, 11) is 3.51. The number of methoxy groups -OCH3 is 1. The van der Waals surface area contributed by atoms with Gasteiger partial charge in [-0.05, 0) is 18.2 Å². The van der Waals surface area contributed by atoms with Gasteiger partial charge in [0.15, 0.2) is 0 Å². The number of ether oxygens (including phenoxy) is 1. The zero-order chi connectivity index (χ0) is 17.2. The summed E-state index contributed by atoms with van der Waals surface area (Å²) in [5.74, 6) is 2.37. The zero-order valence-corrected chi connectivity index (χ0v) is 14.3. The second-order valence-electron chi connectivity index (χ2n) is 5.89. The third-order valence-corrected chi connectivity index (χ3v) is 4.48. The van der Waals surface area contributed by atoms with Crippen molar-refractivity contribution in [2.75, 3.05) is 30.9 Å². The van der Waals surface area contributed by atoms with Gasteiger partial charge in [-0.25, -0.2) is 4.98 Å². The Kier molecular flexibility index (Phi) is 3.97. The Labute approximate surface area is 146 Å². The maximum Gasteiger partial charge on any atom is 0.224 e. The van der Waals surface area contributed by atoms with E-state index >= 15 is 0 Å². The van der Waals surface area contributed by atoms with Gasteiger partial charge < -0.3 is 15.0 Å². The summed E-state index contributed by atoms with van der Waals surface area (Å²) < 4.78 is 5.51. The SMILES string of the molecule is CNc1nccc(N2CCc3[nH]nc(-c4ccccc4OC)c3C2)n1. The summed E-state index contributed by atoms with van der Waals surface area (Å²) in [6.07, 6.45) is 2.68. The number of rotatable bonds is 4. The first-order valence-corrected chi connectivity index (χ1v) is 8.25. The second-order valence-corrected chi connectivity index (χ2v) is 5.89. The van der Waals surface area contributed by atoms with Crippen molar-refractivity contribution in [1.82, 2.24) is 20.2 Å². The van der Waals surface area contributed by atoms with Crippen LogP contribution in [0.1, 0.15) is 11.3 Å². The van der Waals surface area contributed by atoms with Crippen LogP contribution in [0.5, 0.6) is 5.75 Å². The van der Waals surface area contributed by atoms with Gasteiger partial charge >= 0.3 is 0 Å². The van der Waals surface area contributed by atoms with E-state index in [9.17, 15) is 0 Å². The molecule has 7 nitrogen and oxygen atoms in total. The average Bonchev–Trinajstić information content (AvgIpc) is 3.11. The van der Waals surface area contributed by atoms with E-state index in [1.54, 1.807) is 13.3 Å². The normalized spacial score (nSPS) is 13.4. The smallest absolute Gasteiger partial charge is 0.224 e. The minimum atomic E-state index is 0.625. The monoisotopic (exact) mass is 336 g/mol. The number of hydrogen-bond donors (Lipinski definition) is 2. The number of benzene rings is 1. The van der Waals surface area contributed by atoms with Crippen LogP contribution >= 0.6 is 0 Å². The van der Waals surface area contributed by atoms with Crippen molar-refractivity contribution in [1.29, 1.82) is 0 Å². The highest BCUT2D eigenvalue weighted by molar-refractivity contribution is 5.71. The lowest BCUT2D eigenvalue weighted by Gasteiger charge is -2.28. The molecule has 0 saturated heterocycles. The molecule has 0 atom stereocenters. The van der Waals surface area contributed by atoms with Crippen LogP contribution in [0, 0.1) is 0 Å². The van der Waals surface area contributed by atoms with Gasteiger partial charge in [0, 0.05) is 49.6 Å². The molecule has 1 aromatic carbocycles. The molecule has 3 heterocycles. The van der Waals surface area contributed by atoms with E-state index in [-0.39, 0.29) is 0 Å². The van der Waals surface area contributed by atoms with Crippen LogP contribution in [0.25, 0.3) is 11.3 Å². The quantitative estimate of drug-likeness (QED) is 0.762. The van der Waals surface area contributed by atoms with E-state index in [2.05, 4.69) is 30.4 Å². The number of fused-ring (bicyclic) bond motifs is 1. The number of anilines is 2. The van der Waals surface area contributed by atoms with Crippen LogP contribution in [0.3, 0.4) is 0 Å². The van der Waals surface area contributed by atoms with E-state index in [1.165, 1.54) is 11.3 Å². The van der Waals surface area contributed by atoms with Gasteiger partial charge in [0.05, 0.1) is 7.11 Å². The highest BCUT2D eigenvalue weighted by Gasteiger charge is 2.25. The highest BCUT2D eigenvalue weighted by atomic mass is 16.5. The molecule has 128 valence electrons. The molecule has 1 aliphatic rings. The minimum absolute atomic E-state index is 0.625. The lowest BCUT2D eigenvalue weighted by molar-refractivity contribution is 0.416. The van der Waals surface area contributed by atoms with Gasteiger partial charge in [-0.2, -0.15) is 10.1 Å². The minimum Gasteiger partial charge on any atom is -0.496 e. The molecule has 7 heteroatoms. The third kappa shape index (κ3) is 2.77. The predicted molar refractivity (Wildman–Crippen MR) is 96.9 cm³/mol. The lowest BCUT2D eigenvalue weighted by Crippen LogP contribution is -2.31. The Morgan fingerprint density at radius 1 is 1.24 bits per heavy atom. The van der Waals surface area contributed by atoms with Crippen molar-refractivity contribution in [3.8, 4) is 17.0 Å². The number of hydrogen-bond acceptors (Lipinski definition) is 6. The van der Waals surface area contributed by atoms with Crippen LogP contribution in [-0.4, -0.2) is 40.9 Å². The molecule has 0 aliphatic carbocycles. The topological polar surface area (TPSA) is 79.0 Å². The van der Waals surface area contributed by atoms with Crippen LogP contribution in [0.2, 0.25) is 0 Å². The number of nitrogens with zero attached hydrogens (tertiary/aromatic N) is 4. The van der Waals surface area contributed by atoms with Crippen molar-refractivity contribution in [2.24, 2.45) is 0 Å². The molecular formula is C18H20N6O. The average molecular weight is 336 g/mol. The molecule has 0 amide bonds. The Morgan fingerprint density at radius 3 is 2.96 bits per heavy atom. The summed E-state index contributed by atoms with van der Waals surface area (Å²) in [6.45, 7) is 1.64. The van der Waals surface area contributed by atoms with Crippen LogP contribution < -0.4 is 15.0 Å². The lowest BCUT2D eigenvalue weighted by atomic mass is 10.0. The predicted octanol–water partition coefficient (Wildman–Crippen LogP) is 2.48. The molecule has 0 spiro atoms. The molecule has 3 aromatic rings. The molecule has 4 rings (SSSR count). The van der Waals surface area contributed by atoms with Gasteiger partial charge in [-0.15, -0.1) is 0 Å². The number of aromatic nitrogens is 4. The van der Waals surface area contributed by atoms with E-state index in [1.807, 2.05) is 37.4 Å². The highest BCUT2D eigenvalue weighted by Crippen LogP contribution is 2.34. The summed E-state index contributed by atoms with van der Waals surface area (Å²) in [6, 6.07) is 9.91. The molecule has 0 fully saturated rings. The fourth-order valence-corrected chi connectivity index (χ4v) is 3.20. The molecule has 2 aromatic heterocycles. The van der Waals surface area contributed by atoms with Crippen molar-refractivity contribution < 1.29 is 4.74 Å². The van der Waals surface area contributed by atoms with E-state index < -0.39 is 0 Å². The molecule has 0 saturated carbocycles. The summed E-state index contributed by atoms with van der Waals surface area (Å²) >= 11 is 0. The van der Waals surface area contributed by atoms with Gasteiger partial charge in [0.2, 0.25) is 5.95 Å². The summed E-state index contributed by atoms with van der Waals surface area (Å²) in [5.41, 5.74) is 4.32. The molecule has 2 N–H and O–H groups in total. The molecule has 0 radical (unpaired) electrons. The first-order valence-electron chi connectivity index (χ1n) is 8.25. The maximum atomic E-state index is 5.51. The first kappa shape index (κ1) is 15.4. The van der Waals surface area contributed by atoms with Gasteiger partial charge in [-0.3, -0.25) is 5.10 Å². The van der Waals surface area contributed by atoms with Crippen LogP contribution in [-0.2, 0) is 13.0 Å². The van der Waals surface area contributed by atoms with E-state index in [4.69, 9.17) is 4.74 Å². The Balaban J connectivity index is 1.70. The van der Waals surface area contributed by atoms with Crippen molar-refractivity contribution in [2.45, 2.75) is 13.0 Å². The number of H-pyrrole nitrogens is 1. The standard InChI is InChI=1S/C18H20N6O/c1-19-18-20-9-7-16(21-18)24-10-8-14-13(11-24)17(23-22-14)12-5-3-4-6-15(12)25-2/h3-7,9H,8,10-11H2,1-2H3,(H,22,23)(H,19,20,21). The fourth-order valence-electron chi connectivity index (χ4n) is 3.20. The van der Waals surface area contributed by atoms with E-state index in [0.717, 1.165) is 42.3 Å². The molecule has 25 heavy (non-hydrogen) atoms. The molecular weight excluding hydrogens is 316 g/mol. The van der Waals surface area contributed by atoms with Crippen molar-refractivity contribution in [3.63, 3.8) is 0 Å². The van der Waals surface area contributed by atoms with Gasteiger partial charge in [0.25, 0.3) is 0 Å². The van der Waals surface area contributed by atoms with Crippen molar-refractivity contribution in [3.05, 3.63) is 47.8 Å². The number of aromatic amines is 1. The Hall–Kier alpha value is -3.09. The molecule has 0 unspecified atom stereocenters. The zero-order valence-electron chi connectivity index (χ0n) is 14.3. The fraction of sp³-hybridized carbons (Fsp3) is 0.278. The van der Waals surface area contributed by atoms with Crippen LogP contribution in [0.15, 0.2) is 36.5 Å². The molecule has 0 bridgehead atoms. The Bertz CT molecular complexity index is 891. The molecule has 1 aliphatic heterocycles.